The average Bonchev–Trinajstić information content (AvgIpc) is 2.95. The van der Waals surface area contributed by atoms with Crippen molar-refractivity contribution in [3.63, 3.8) is 0 Å². The molecule has 122 valence electrons. The fraction of sp³-hybridized carbons (Fsp3) is 0.389. The number of hydrogen-bond donors (Lipinski definition) is 0. The smallest absolute Gasteiger partial charge is 0.263 e. The van der Waals surface area contributed by atoms with Gasteiger partial charge in [-0.25, -0.2) is 0 Å². The van der Waals surface area contributed by atoms with Crippen molar-refractivity contribution in [1.82, 2.24) is 4.90 Å². The lowest BCUT2D eigenvalue weighted by Crippen LogP contribution is -2.41. The van der Waals surface area contributed by atoms with Crippen LogP contribution in [-0.4, -0.2) is 37.1 Å². The zero-order valence-corrected chi connectivity index (χ0v) is 14.5. The molecule has 1 atom stereocenters. The minimum Gasteiger partial charge on any atom is -0.486 e. The predicted octanol–water partition coefficient (Wildman–Crippen LogP) is 3.53. The fourth-order valence-electron chi connectivity index (χ4n) is 2.71. The number of carbonyl (C=O) groups is 1. The molecule has 1 aliphatic rings. The van der Waals surface area contributed by atoms with Crippen LogP contribution in [0, 0.1) is 6.92 Å². The SMILES string of the molecule is CCc1cc(C(=O)N(C)CC2COc3ccccc3O2)sc1C. The van der Waals surface area contributed by atoms with Gasteiger partial charge in [0.1, 0.15) is 6.61 Å². The molecule has 3 rings (SSSR count). The Labute approximate surface area is 140 Å². The summed E-state index contributed by atoms with van der Waals surface area (Å²) < 4.78 is 11.6. The van der Waals surface area contributed by atoms with E-state index in [1.54, 1.807) is 16.2 Å². The van der Waals surface area contributed by atoms with Gasteiger partial charge in [-0.3, -0.25) is 4.79 Å². The quantitative estimate of drug-likeness (QED) is 0.860. The topological polar surface area (TPSA) is 38.8 Å². The van der Waals surface area contributed by atoms with E-state index in [1.807, 2.05) is 37.4 Å². The lowest BCUT2D eigenvalue weighted by Gasteiger charge is -2.29. The Balaban J connectivity index is 1.65. The minimum absolute atomic E-state index is 0.0419. The Morgan fingerprint density at radius 2 is 2.09 bits per heavy atom. The van der Waals surface area contributed by atoms with Crippen molar-refractivity contribution in [2.45, 2.75) is 26.4 Å². The summed E-state index contributed by atoms with van der Waals surface area (Å²) in [5.74, 6) is 1.55. The Morgan fingerprint density at radius 1 is 1.35 bits per heavy atom. The van der Waals surface area contributed by atoms with Crippen molar-refractivity contribution < 1.29 is 14.3 Å². The summed E-state index contributed by atoms with van der Waals surface area (Å²) in [6.07, 6.45) is 0.806. The third-order valence-electron chi connectivity index (χ3n) is 4.00. The van der Waals surface area contributed by atoms with Crippen LogP contribution in [0.5, 0.6) is 11.5 Å². The number of benzene rings is 1. The monoisotopic (exact) mass is 331 g/mol. The van der Waals surface area contributed by atoms with E-state index in [0.29, 0.717) is 13.2 Å². The molecule has 1 aliphatic heterocycles. The summed E-state index contributed by atoms with van der Waals surface area (Å²) in [5.41, 5.74) is 1.25. The standard InChI is InChI=1S/C18H21NO3S/c1-4-13-9-17(23-12(13)2)18(20)19(3)10-14-11-21-15-7-5-6-8-16(15)22-14/h5-9,14H,4,10-11H2,1-3H3. The number of thiophene rings is 1. The van der Waals surface area contributed by atoms with Gasteiger partial charge in [0, 0.05) is 11.9 Å². The van der Waals surface area contributed by atoms with Gasteiger partial charge in [0.2, 0.25) is 0 Å². The molecule has 5 heteroatoms. The van der Waals surface area contributed by atoms with E-state index >= 15 is 0 Å². The second-order valence-corrected chi connectivity index (χ2v) is 6.99. The highest BCUT2D eigenvalue weighted by Gasteiger charge is 2.25. The largest absolute Gasteiger partial charge is 0.486 e. The number of likely N-dealkylation sites (N-methyl/N-ethyl adjacent to an activating group) is 1. The van der Waals surface area contributed by atoms with Gasteiger partial charge in [0.25, 0.3) is 5.91 Å². The Bertz CT molecular complexity index is 710. The molecule has 2 aromatic rings. The molecule has 1 aromatic heterocycles. The van der Waals surface area contributed by atoms with E-state index in [9.17, 15) is 4.79 Å². The molecule has 1 amide bonds. The van der Waals surface area contributed by atoms with Crippen molar-refractivity contribution in [2.75, 3.05) is 20.2 Å². The Hall–Kier alpha value is -2.01. The molecule has 0 N–H and O–H groups in total. The maximum atomic E-state index is 12.6. The zero-order chi connectivity index (χ0) is 16.4. The number of para-hydroxylation sites is 2. The van der Waals surface area contributed by atoms with Crippen molar-refractivity contribution >= 4 is 17.2 Å². The van der Waals surface area contributed by atoms with Crippen molar-refractivity contribution in [2.24, 2.45) is 0 Å². The lowest BCUT2D eigenvalue weighted by atomic mass is 10.2. The van der Waals surface area contributed by atoms with Gasteiger partial charge in [0.15, 0.2) is 17.6 Å². The minimum atomic E-state index is -0.148. The number of carbonyl (C=O) groups excluding carboxylic acids is 1. The summed E-state index contributed by atoms with van der Waals surface area (Å²) in [6, 6.07) is 9.62. The van der Waals surface area contributed by atoms with Crippen LogP contribution in [0.3, 0.4) is 0 Å². The molecule has 1 unspecified atom stereocenters. The molecular weight excluding hydrogens is 310 g/mol. The third kappa shape index (κ3) is 3.34. The van der Waals surface area contributed by atoms with Crippen LogP contribution in [0.2, 0.25) is 0 Å². The van der Waals surface area contributed by atoms with Crippen LogP contribution in [0.25, 0.3) is 0 Å². The van der Waals surface area contributed by atoms with E-state index in [-0.39, 0.29) is 12.0 Å². The van der Waals surface area contributed by atoms with Crippen LogP contribution in [0.15, 0.2) is 30.3 Å². The highest BCUT2D eigenvalue weighted by Crippen LogP contribution is 2.31. The maximum absolute atomic E-state index is 12.6. The van der Waals surface area contributed by atoms with E-state index in [4.69, 9.17) is 9.47 Å². The van der Waals surface area contributed by atoms with Crippen molar-refractivity contribution in [3.8, 4) is 11.5 Å². The molecule has 0 spiro atoms. The normalized spacial score (nSPS) is 16.2. The van der Waals surface area contributed by atoms with Crippen LogP contribution < -0.4 is 9.47 Å². The van der Waals surface area contributed by atoms with Crippen LogP contribution in [-0.2, 0) is 6.42 Å². The van der Waals surface area contributed by atoms with Gasteiger partial charge >= 0.3 is 0 Å². The number of amides is 1. The van der Waals surface area contributed by atoms with Gasteiger partial charge in [0.05, 0.1) is 11.4 Å². The molecule has 0 saturated carbocycles. The van der Waals surface area contributed by atoms with Gasteiger partial charge in [-0.15, -0.1) is 11.3 Å². The third-order valence-corrected chi connectivity index (χ3v) is 5.08. The Morgan fingerprint density at radius 3 is 2.78 bits per heavy atom. The lowest BCUT2D eigenvalue weighted by molar-refractivity contribution is 0.0524. The molecule has 4 nitrogen and oxygen atoms in total. The number of rotatable bonds is 4. The van der Waals surface area contributed by atoms with Crippen LogP contribution in [0.4, 0.5) is 0 Å². The van der Waals surface area contributed by atoms with Crippen LogP contribution in [0.1, 0.15) is 27.0 Å². The summed E-state index contributed by atoms with van der Waals surface area (Å²) in [4.78, 5) is 16.3. The number of aryl methyl sites for hydroxylation is 2. The summed E-state index contributed by atoms with van der Waals surface area (Å²) >= 11 is 1.56. The van der Waals surface area contributed by atoms with Crippen molar-refractivity contribution in [3.05, 3.63) is 45.6 Å². The molecule has 1 aromatic carbocycles. The fourth-order valence-corrected chi connectivity index (χ4v) is 3.81. The first-order valence-electron chi connectivity index (χ1n) is 7.81. The molecule has 0 radical (unpaired) electrons. The molecule has 0 bridgehead atoms. The first-order valence-corrected chi connectivity index (χ1v) is 8.63. The highest BCUT2D eigenvalue weighted by molar-refractivity contribution is 7.14. The molecular formula is C18H21NO3S. The predicted molar refractivity (Wildman–Crippen MR) is 91.7 cm³/mol. The number of nitrogens with zero attached hydrogens (tertiary/aromatic N) is 1. The second-order valence-electron chi connectivity index (χ2n) is 5.73. The first-order chi connectivity index (χ1) is 11.1. The number of fused-ring (bicyclic) bond motifs is 1. The molecule has 2 heterocycles. The number of ether oxygens (including phenoxy) is 2. The molecule has 0 aliphatic carbocycles. The summed E-state index contributed by atoms with van der Waals surface area (Å²) in [6.45, 7) is 5.14. The van der Waals surface area contributed by atoms with Gasteiger partial charge in [-0.1, -0.05) is 19.1 Å². The average molecular weight is 331 g/mol. The molecule has 23 heavy (non-hydrogen) atoms. The van der Waals surface area contributed by atoms with Gasteiger partial charge < -0.3 is 14.4 Å². The maximum Gasteiger partial charge on any atom is 0.263 e. The van der Waals surface area contributed by atoms with E-state index in [1.165, 1.54) is 10.4 Å². The number of hydrogen-bond acceptors (Lipinski definition) is 4. The van der Waals surface area contributed by atoms with Crippen molar-refractivity contribution in [1.29, 1.82) is 0 Å². The highest BCUT2D eigenvalue weighted by atomic mass is 32.1. The molecule has 0 fully saturated rings. The van der Waals surface area contributed by atoms with E-state index in [0.717, 1.165) is 22.8 Å². The zero-order valence-electron chi connectivity index (χ0n) is 13.7. The van der Waals surface area contributed by atoms with Crippen LogP contribution >= 0.6 is 11.3 Å². The van der Waals surface area contributed by atoms with E-state index < -0.39 is 0 Å². The van der Waals surface area contributed by atoms with Gasteiger partial charge in [-0.05, 0) is 37.1 Å². The first kappa shape index (κ1) is 15.9. The second kappa shape index (κ2) is 6.62. The van der Waals surface area contributed by atoms with Gasteiger partial charge in [-0.2, -0.15) is 0 Å². The van der Waals surface area contributed by atoms with E-state index in [2.05, 4.69) is 13.8 Å². The summed E-state index contributed by atoms with van der Waals surface area (Å²) in [7, 11) is 1.81. The molecule has 0 saturated heterocycles. The Kier molecular flexibility index (Phi) is 4.57. The summed E-state index contributed by atoms with van der Waals surface area (Å²) in [5, 5.41) is 0.